The molecule has 3 aliphatic rings. The van der Waals surface area contributed by atoms with Gasteiger partial charge in [0.2, 0.25) is 5.75 Å². The number of fused-ring (bicyclic) bond motifs is 1. The summed E-state index contributed by atoms with van der Waals surface area (Å²) in [6.45, 7) is 6.55. The lowest BCUT2D eigenvalue weighted by atomic mass is 9.75. The topological polar surface area (TPSA) is 227 Å². The summed E-state index contributed by atoms with van der Waals surface area (Å²) in [5.74, 6) is 0.891. The number of halogens is 3. The number of carbonyl (C=O) groups is 4. The number of rotatable bonds is 15. The molecule has 2 aromatic heterocycles. The number of benzene rings is 3. The van der Waals surface area contributed by atoms with Crippen LogP contribution in [0.25, 0.3) is 28.1 Å². The first-order valence-electron chi connectivity index (χ1n) is 23.5. The largest absolute Gasteiger partial charge is 0.495 e. The SMILES string of the molecule is COc1ccc(-c2cnoc2-c2cc(OC)c(OC)c(OC)c2)cc1NC(=O)N1CCN(CCNC(=O)OC2CCC(Nc3cc(-n4nc(C(F)(F)F)c5c4CC(C)(C)CC5=O)ccc3C(N)=O)CC2)CC1. The third-order valence-corrected chi connectivity index (χ3v) is 13.2. The number of nitrogens with zero attached hydrogens (tertiary/aromatic N) is 5. The number of hydrogen-bond acceptors (Lipinski definition) is 14. The third-order valence-electron chi connectivity index (χ3n) is 13.2. The van der Waals surface area contributed by atoms with Crippen molar-refractivity contribution in [3.63, 3.8) is 0 Å². The second-order valence-electron chi connectivity index (χ2n) is 18.7. The predicted octanol–water partition coefficient (Wildman–Crippen LogP) is 7.80. The van der Waals surface area contributed by atoms with Gasteiger partial charge in [0.25, 0.3) is 5.91 Å². The molecule has 72 heavy (non-hydrogen) atoms. The van der Waals surface area contributed by atoms with E-state index in [0.29, 0.717) is 122 Å². The summed E-state index contributed by atoms with van der Waals surface area (Å²) in [6.07, 6.45) is -1.84. The van der Waals surface area contributed by atoms with E-state index in [1.165, 1.54) is 46.6 Å². The summed E-state index contributed by atoms with van der Waals surface area (Å²) in [5.41, 5.74) is 6.81. The van der Waals surface area contributed by atoms with Crippen molar-refractivity contribution in [1.82, 2.24) is 30.1 Å². The number of aromatic nitrogens is 3. The monoisotopic (exact) mass is 1000 g/mol. The standard InChI is InChI=1S/C50H58F3N9O10/c1-49(2)25-37-42(38(63)26-49)45(50(51,52)53)59-62(37)31-10-13-33(46(54)64)35(24-31)57-30-8-11-32(12-9-30)71-48(66)55-15-16-60-17-19-61(20-18-60)47(65)58-36-21-28(7-14-39(36)67-3)34-27-56-72-43(34)29-22-40(68-4)44(70-6)41(23-29)69-5/h7,10,13-14,21-24,27,30,32,57H,8-9,11-12,15-20,25-26H2,1-6H3,(H2,54,64)(H,55,66)(H,58,65). The molecule has 1 saturated heterocycles. The molecule has 0 bridgehead atoms. The molecule has 19 nitrogen and oxygen atoms in total. The maximum Gasteiger partial charge on any atom is 0.435 e. The van der Waals surface area contributed by atoms with Crippen LogP contribution < -0.4 is 40.6 Å². The highest BCUT2D eigenvalue weighted by Crippen LogP contribution is 2.45. The highest BCUT2D eigenvalue weighted by Gasteiger charge is 2.45. The van der Waals surface area contributed by atoms with Gasteiger partial charge in [0.1, 0.15) is 11.9 Å². The number of hydrogen-bond donors (Lipinski definition) is 4. The van der Waals surface area contributed by atoms with Crippen LogP contribution in [-0.4, -0.2) is 128 Å². The Labute approximate surface area is 413 Å². The zero-order chi connectivity index (χ0) is 51.5. The molecule has 3 heterocycles. The Morgan fingerprint density at radius 3 is 2.18 bits per heavy atom. The maximum atomic E-state index is 14.1. The predicted molar refractivity (Wildman–Crippen MR) is 258 cm³/mol. The van der Waals surface area contributed by atoms with Crippen molar-refractivity contribution in [2.45, 2.75) is 70.7 Å². The molecule has 5 aromatic rings. The van der Waals surface area contributed by atoms with E-state index in [0.717, 1.165) is 4.68 Å². The van der Waals surface area contributed by atoms with Gasteiger partial charge in [-0.3, -0.25) is 14.5 Å². The molecule has 1 saturated carbocycles. The first-order chi connectivity index (χ1) is 34.4. The number of alkyl halides is 3. The number of alkyl carbamates (subject to hydrolysis) is 1. The summed E-state index contributed by atoms with van der Waals surface area (Å²) in [7, 11) is 6.10. The number of methoxy groups -OCH3 is 4. The van der Waals surface area contributed by atoms with Gasteiger partial charge in [0, 0.05) is 68.5 Å². The maximum absolute atomic E-state index is 14.1. The van der Waals surface area contributed by atoms with Crippen molar-refractivity contribution >= 4 is 35.2 Å². The minimum absolute atomic E-state index is 0.0372. The van der Waals surface area contributed by atoms with Crippen molar-refractivity contribution in [1.29, 1.82) is 0 Å². The Bertz CT molecular complexity index is 2810. The van der Waals surface area contributed by atoms with E-state index in [1.54, 1.807) is 35.4 Å². The van der Waals surface area contributed by atoms with E-state index in [2.05, 4.69) is 31.1 Å². The van der Waals surface area contributed by atoms with Crippen LogP contribution in [0.1, 0.15) is 78.1 Å². The molecular weight excluding hydrogens is 944 g/mol. The lowest BCUT2D eigenvalue weighted by molar-refractivity contribution is -0.141. The Kier molecular flexibility index (Phi) is 14.9. The minimum atomic E-state index is -4.84. The number of nitrogens with two attached hydrogens (primary N) is 1. The highest BCUT2D eigenvalue weighted by atomic mass is 19.4. The first kappa shape index (κ1) is 50.9. The normalized spacial score (nSPS) is 17.9. The number of carbonyl (C=O) groups excluding carboxylic acids is 4. The van der Waals surface area contributed by atoms with E-state index in [4.69, 9.17) is 33.9 Å². The molecule has 2 fully saturated rings. The van der Waals surface area contributed by atoms with Crippen LogP contribution in [0, 0.1) is 5.41 Å². The van der Waals surface area contributed by atoms with Crippen LogP contribution >= 0.6 is 0 Å². The van der Waals surface area contributed by atoms with Gasteiger partial charge in [-0.2, -0.15) is 18.3 Å². The molecule has 0 radical (unpaired) electrons. The smallest absolute Gasteiger partial charge is 0.435 e. The molecule has 8 rings (SSSR count). The second-order valence-corrected chi connectivity index (χ2v) is 18.7. The Morgan fingerprint density at radius 1 is 0.847 bits per heavy atom. The van der Waals surface area contributed by atoms with Crippen LogP contribution in [0.3, 0.4) is 0 Å². The fourth-order valence-corrected chi connectivity index (χ4v) is 9.62. The minimum Gasteiger partial charge on any atom is -0.495 e. The number of anilines is 2. The average molecular weight is 1000 g/mol. The van der Waals surface area contributed by atoms with Crippen molar-refractivity contribution in [3.05, 3.63) is 77.2 Å². The molecule has 0 atom stereocenters. The van der Waals surface area contributed by atoms with Gasteiger partial charge in [-0.05, 0) is 85.5 Å². The van der Waals surface area contributed by atoms with Crippen LogP contribution in [0.4, 0.5) is 34.1 Å². The van der Waals surface area contributed by atoms with Crippen LogP contribution in [-0.2, 0) is 17.3 Å². The number of urea groups is 1. The fraction of sp³-hybridized carbons (Fsp3) is 0.440. The van der Waals surface area contributed by atoms with Gasteiger partial charge in [-0.15, -0.1) is 0 Å². The van der Waals surface area contributed by atoms with Gasteiger partial charge in [0.15, 0.2) is 28.7 Å². The molecule has 5 N–H and O–H groups in total. The van der Waals surface area contributed by atoms with E-state index < -0.39 is 40.6 Å². The summed E-state index contributed by atoms with van der Waals surface area (Å²) in [4.78, 5) is 55.8. The number of ether oxygens (including phenoxy) is 5. The molecule has 3 aromatic carbocycles. The molecule has 4 amide bonds. The highest BCUT2D eigenvalue weighted by molar-refractivity contribution is 6.01. The van der Waals surface area contributed by atoms with Crippen molar-refractivity contribution in [2.24, 2.45) is 11.1 Å². The van der Waals surface area contributed by atoms with E-state index >= 15 is 0 Å². The number of Topliss-reactive ketones (excluding diaryl/α,β-unsaturated/α-hetero) is 1. The molecule has 0 unspecified atom stereocenters. The molecule has 2 aliphatic carbocycles. The zero-order valence-electron chi connectivity index (χ0n) is 40.9. The van der Waals surface area contributed by atoms with Crippen LogP contribution in [0.5, 0.6) is 23.0 Å². The first-order valence-corrected chi connectivity index (χ1v) is 23.5. The average Bonchev–Trinajstić information content (AvgIpc) is 4.00. The van der Waals surface area contributed by atoms with Crippen molar-refractivity contribution in [2.75, 3.05) is 78.3 Å². The van der Waals surface area contributed by atoms with Gasteiger partial charge in [-0.1, -0.05) is 25.1 Å². The van der Waals surface area contributed by atoms with Crippen LogP contribution in [0.15, 0.2) is 59.3 Å². The number of piperazine rings is 1. The molecule has 1 aliphatic heterocycles. The summed E-state index contributed by atoms with van der Waals surface area (Å²) < 4.78 is 77.1. The summed E-state index contributed by atoms with van der Waals surface area (Å²) >= 11 is 0. The van der Waals surface area contributed by atoms with Crippen LogP contribution in [0.2, 0.25) is 0 Å². The second kappa shape index (κ2) is 21.1. The molecular formula is C50H58F3N9O10. The Morgan fingerprint density at radius 2 is 1.54 bits per heavy atom. The number of nitrogens with one attached hydrogen (secondary N) is 3. The lowest BCUT2D eigenvalue weighted by Gasteiger charge is -2.34. The third kappa shape index (κ3) is 11.0. The number of primary amides is 1. The number of amides is 4. The van der Waals surface area contributed by atoms with Crippen molar-refractivity contribution in [3.8, 4) is 51.1 Å². The fourth-order valence-electron chi connectivity index (χ4n) is 9.62. The summed E-state index contributed by atoms with van der Waals surface area (Å²) in [6, 6.07) is 12.9. The summed E-state index contributed by atoms with van der Waals surface area (Å²) in [5, 5.41) is 17.1. The van der Waals surface area contributed by atoms with E-state index in [1.807, 2.05) is 19.9 Å². The van der Waals surface area contributed by atoms with Gasteiger partial charge in [0.05, 0.1) is 62.8 Å². The quantitative estimate of drug-likeness (QED) is 0.0785. The molecule has 22 heteroatoms. The molecule has 384 valence electrons. The lowest BCUT2D eigenvalue weighted by Crippen LogP contribution is -2.51. The van der Waals surface area contributed by atoms with Gasteiger partial charge >= 0.3 is 18.3 Å². The van der Waals surface area contributed by atoms with Gasteiger partial charge < -0.3 is 54.8 Å². The molecule has 0 spiro atoms. The van der Waals surface area contributed by atoms with Gasteiger partial charge in [-0.25, -0.2) is 14.3 Å². The van der Waals surface area contributed by atoms with E-state index in [-0.39, 0.29) is 48.0 Å². The zero-order valence-corrected chi connectivity index (χ0v) is 40.9. The Balaban J connectivity index is 0.801. The Hall–Kier alpha value is -7.49. The van der Waals surface area contributed by atoms with Crippen molar-refractivity contribution < 1.29 is 60.6 Å². The van der Waals surface area contributed by atoms with E-state index in [9.17, 15) is 32.3 Å². The number of ketones is 1.